The lowest BCUT2D eigenvalue weighted by molar-refractivity contribution is -0.133. The van der Waals surface area contributed by atoms with Crippen LogP contribution in [0.1, 0.15) is 71.6 Å². The fourth-order valence-electron chi connectivity index (χ4n) is 8.88. The summed E-state index contributed by atoms with van der Waals surface area (Å²) in [5.41, 5.74) is -0.337. The molecule has 0 aromatic carbocycles. The number of aliphatic hydroxyl groups is 1. The number of ketones is 1. The van der Waals surface area contributed by atoms with Gasteiger partial charge in [0.25, 0.3) is 0 Å². The van der Waals surface area contributed by atoms with E-state index < -0.39 is 11.3 Å². The molecule has 4 saturated carbocycles. The highest BCUT2D eigenvalue weighted by Gasteiger charge is 2.58. The highest BCUT2D eigenvalue weighted by Crippen LogP contribution is 2.64. The molecule has 8 atom stereocenters. The number of fused-ring (bicyclic) bond motifs is 5. The van der Waals surface area contributed by atoms with Gasteiger partial charge in [-0.1, -0.05) is 6.92 Å². The summed E-state index contributed by atoms with van der Waals surface area (Å²) in [4.78, 5) is 30.4. The molecule has 0 radical (unpaired) electrons. The lowest BCUT2D eigenvalue weighted by Gasteiger charge is -2.56. The molecule has 0 spiro atoms. The largest absolute Gasteiger partial charge is 0.390 e. The minimum Gasteiger partial charge on any atom is -0.390 e. The zero-order valence-electron chi connectivity index (χ0n) is 20.8. The molecule has 8 nitrogen and oxygen atoms in total. The van der Waals surface area contributed by atoms with E-state index in [2.05, 4.69) is 22.3 Å². The summed E-state index contributed by atoms with van der Waals surface area (Å²) in [6.45, 7) is 4.34. The molecule has 0 bridgehead atoms. The lowest BCUT2D eigenvalue weighted by atomic mass is 9.49. The van der Waals surface area contributed by atoms with Gasteiger partial charge in [0.05, 0.1) is 17.5 Å². The van der Waals surface area contributed by atoms with Gasteiger partial charge in [0.1, 0.15) is 6.54 Å². The van der Waals surface area contributed by atoms with Crippen molar-refractivity contribution in [3.63, 3.8) is 0 Å². The third kappa shape index (κ3) is 3.79. The Hall–Kier alpha value is -2.35. The summed E-state index contributed by atoms with van der Waals surface area (Å²) in [7, 11) is 0. The molecule has 0 aliphatic heterocycles. The first-order chi connectivity index (χ1) is 16.8. The Bertz CT molecular complexity index is 1160. The van der Waals surface area contributed by atoms with E-state index in [9.17, 15) is 14.7 Å². The first-order valence-corrected chi connectivity index (χ1v) is 13.5. The average molecular weight is 480 g/mol. The van der Waals surface area contributed by atoms with E-state index in [0.29, 0.717) is 23.4 Å². The molecule has 4 aliphatic rings. The SMILES string of the molecule is C[C@@]1(O)CC[C@H]2[C@H](CC[C@@H]3[C@@H]2CC[C@]2(C)[C@@H](C(=O)Cn4nnn(-c5cccnc5)c4=O)CC[C@@H]32)C1. The Morgan fingerprint density at radius 1 is 1.06 bits per heavy atom. The maximum Gasteiger partial charge on any atom is 0.368 e. The molecule has 0 unspecified atom stereocenters. The Morgan fingerprint density at radius 2 is 1.89 bits per heavy atom. The average Bonchev–Trinajstić information content (AvgIpc) is 3.38. The van der Waals surface area contributed by atoms with E-state index in [4.69, 9.17) is 0 Å². The first kappa shape index (κ1) is 23.1. The van der Waals surface area contributed by atoms with Crippen molar-refractivity contribution >= 4 is 5.78 Å². The predicted octanol–water partition coefficient (Wildman–Crippen LogP) is 3.41. The van der Waals surface area contributed by atoms with Crippen LogP contribution in [-0.4, -0.2) is 41.3 Å². The molecular weight excluding hydrogens is 442 g/mol. The van der Waals surface area contributed by atoms with E-state index in [-0.39, 0.29) is 23.7 Å². The maximum absolute atomic E-state index is 13.6. The normalized spacial score (nSPS) is 40.5. The van der Waals surface area contributed by atoms with Gasteiger partial charge in [0, 0.05) is 12.1 Å². The quantitative estimate of drug-likeness (QED) is 0.721. The Kier molecular flexibility index (Phi) is 5.51. The van der Waals surface area contributed by atoms with Crippen molar-refractivity contribution in [2.45, 2.75) is 83.8 Å². The van der Waals surface area contributed by atoms with Crippen molar-refractivity contribution in [3.8, 4) is 5.69 Å². The maximum atomic E-state index is 13.6. The minimum absolute atomic E-state index is 0.00813. The molecule has 4 aliphatic carbocycles. The number of carbonyl (C=O) groups is 1. The van der Waals surface area contributed by atoms with Gasteiger partial charge in [0.2, 0.25) is 0 Å². The smallest absolute Gasteiger partial charge is 0.368 e. The molecule has 4 fully saturated rings. The zero-order chi connectivity index (χ0) is 24.4. The fourth-order valence-corrected chi connectivity index (χ4v) is 8.88. The zero-order valence-corrected chi connectivity index (χ0v) is 20.8. The van der Waals surface area contributed by atoms with Crippen molar-refractivity contribution in [2.24, 2.45) is 40.9 Å². The van der Waals surface area contributed by atoms with Crippen molar-refractivity contribution in [2.75, 3.05) is 0 Å². The van der Waals surface area contributed by atoms with Crippen molar-refractivity contribution in [1.29, 1.82) is 0 Å². The van der Waals surface area contributed by atoms with E-state index >= 15 is 0 Å². The highest BCUT2D eigenvalue weighted by molar-refractivity contribution is 5.82. The van der Waals surface area contributed by atoms with Crippen LogP contribution in [0, 0.1) is 40.9 Å². The third-order valence-electron chi connectivity index (χ3n) is 10.5. The fraction of sp³-hybridized carbons (Fsp3) is 0.741. The van der Waals surface area contributed by atoms with Crippen LogP contribution in [-0.2, 0) is 11.3 Å². The molecule has 2 aromatic rings. The summed E-state index contributed by atoms with van der Waals surface area (Å²) >= 11 is 0. The van der Waals surface area contributed by atoms with Crippen molar-refractivity contribution < 1.29 is 9.90 Å². The minimum atomic E-state index is -0.487. The molecule has 0 amide bonds. The summed E-state index contributed by atoms with van der Waals surface area (Å²) in [5, 5.41) is 18.6. The summed E-state index contributed by atoms with van der Waals surface area (Å²) in [6.07, 6.45) is 13.0. The second-order valence-corrected chi connectivity index (χ2v) is 12.4. The number of aromatic nitrogens is 5. The molecule has 35 heavy (non-hydrogen) atoms. The van der Waals surface area contributed by atoms with E-state index in [1.54, 1.807) is 24.5 Å². The molecule has 1 N–H and O–H groups in total. The van der Waals surface area contributed by atoms with Crippen LogP contribution in [0.15, 0.2) is 29.3 Å². The van der Waals surface area contributed by atoms with Crippen LogP contribution >= 0.6 is 0 Å². The number of tetrazole rings is 1. The van der Waals surface area contributed by atoms with Crippen LogP contribution in [0.25, 0.3) is 5.69 Å². The molecule has 6 rings (SSSR count). The summed E-state index contributed by atoms with van der Waals surface area (Å²) in [6, 6.07) is 3.49. The molecule has 8 heteroatoms. The number of hydrogen-bond donors (Lipinski definition) is 1. The molecular formula is C27H37N5O3. The number of carbonyl (C=O) groups excluding carboxylic acids is 1. The predicted molar refractivity (Wildman–Crippen MR) is 130 cm³/mol. The number of Topliss-reactive ketones (excluding diaryl/α,β-unsaturated/α-hetero) is 1. The van der Waals surface area contributed by atoms with E-state index in [1.807, 2.05) is 6.92 Å². The Balaban J connectivity index is 1.17. The van der Waals surface area contributed by atoms with Crippen LogP contribution < -0.4 is 5.69 Å². The van der Waals surface area contributed by atoms with Gasteiger partial charge < -0.3 is 5.11 Å². The standard InChI is InChI=1S/C27H37N5O3/c1-26(35)11-9-19-17(14-26)5-6-21-20(19)10-12-27(2)22(21)7-8-23(27)24(33)16-31-25(34)32(30-29-31)18-4-3-13-28-15-18/h3-4,13,15,17,19-23,35H,5-12,14,16H2,1-2H3/t17-,19+,20-,21-,22+,23-,26-,27+/m1/s1. The second kappa shape index (κ2) is 8.36. The van der Waals surface area contributed by atoms with Crippen LogP contribution in [0.4, 0.5) is 0 Å². The molecule has 188 valence electrons. The van der Waals surface area contributed by atoms with Crippen LogP contribution in [0.5, 0.6) is 0 Å². The number of pyridine rings is 1. The first-order valence-electron chi connectivity index (χ1n) is 13.5. The molecule has 2 heterocycles. The number of hydrogen-bond acceptors (Lipinski definition) is 6. The van der Waals surface area contributed by atoms with E-state index in [1.165, 1.54) is 28.6 Å². The Labute approximate surface area is 206 Å². The topological polar surface area (TPSA) is 103 Å². The number of rotatable bonds is 4. The monoisotopic (exact) mass is 479 g/mol. The number of nitrogens with zero attached hydrogens (tertiary/aromatic N) is 5. The van der Waals surface area contributed by atoms with E-state index in [0.717, 1.165) is 50.4 Å². The molecule has 0 saturated heterocycles. The highest BCUT2D eigenvalue weighted by atomic mass is 16.3. The van der Waals surface area contributed by atoms with Gasteiger partial charge >= 0.3 is 5.69 Å². The van der Waals surface area contributed by atoms with Gasteiger partial charge in [-0.05, 0) is 122 Å². The lowest BCUT2D eigenvalue weighted by Crippen LogP contribution is -2.51. The summed E-state index contributed by atoms with van der Waals surface area (Å²) in [5.74, 6) is 3.54. The van der Waals surface area contributed by atoms with Gasteiger partial charge in [0.15, 0.2) is 5.78 Å². The second-order valence-electron chi connectivity index (χ2n) is 12.4. The van der Waals surface area contributed by atoms with Crippen LogP contribution in [0.2, 0.25) is 0 Å². The van der Waals surface area contributed by atoms with Gasteiger partial charge in [-0.2, -0.15) is 9.36 Å². The van der Waals surface area contributed by atoms with Gasteiger partial charge in [-0.25, -0.2) is 4.79 Å². The van der Waals surface area contributed by atoms with Crippen LogP contribution in [0.3, 0.4) is 0 Å². The third-order valence-corrected chi connectivity index (χ3v) is 10.5. The van der Waals surface area contributed by atoms with Crippen molar-refractivity contribution in [3.05, 3.63) is 35.0 Å². The van der Waals surface area contributed by atoms with Gasteiger partial charge in [-0.15, -0.1) is 0 Å². The Morgan fingerprint density at radius 3 is 2.69 bits per heavy atom. The van der Waals surface area contributed by atoms with Gasteiger partial charge in [-0.3, -0.25) is 9.78 Å². The van der Waals surface area contributed by atoms with Crippen molar-refractivity contribution in [1.82, 2.24) is 24.8 Å². The molecule has 2 aromatic heterocycles. The summed E-state index contributed by atoms with van der Waals surface area (Å²) < 4.78 is 2.40.